The lowest BCUT2D eigenvalue weighted by Gasteiger charge is -2.18. The molecule has 1 aliphatic heterocycles. The van der Waals surface area contributed by atoms with Gasteiger partial charge in [0.15, 0.2) is 0 Å². The second kappa shape index (κ2) is 7.19. The maximum atomic E-state index is 12.0. The Labute approximate surface area is 123 Å². The average Bonchev–Trinajstić information content (AvgIpc) is 2.90. The fourth-order valence-electron chi connectivity index (χ4n) is 2.33. The molecule has 0 aliphatic carbocycles. The Balaban J connectivity index is 1.90. The summed E-state index contributed by atoms with van der Waals surface area (Å²) in [5, 5.41) is 11.8. The Morgan fingerprint density at radius 3 is 2.62 bits per heavy atom. The molecule has 0 spiro atoms. The van der Waals surface area contributed by atoms with Gasteiger partial charge in [-0.25, -0.2) is 4.79 Å². The molecule has 0 aromatic heterocycles. The van der Waals surface area contributed by atoms with Gasteiger partial charge in [-0.05, 0) is 18.4 Å². The van der Waals surface area contributed by atoms with Gasteiger partial charge in [0, 0.05) is 6.04 Å². The molecule has 0 radical (unpaired) electrons. The minimum absolute atomic E-state index is 0.248. The molecule has 0 bridgehead atoms. The molecule has 1 saturated heterocycles. The molecule has 1 aromatic rings. The van der Waals surface area contributed by atoms with Gasteiger partial charge >= 0.3 is 5.97 Å². The molecule has 1 aliphatic rings. The van der Waals surface area contributed by atoms with E-state index in [-0.39, 0.29) is 18.6 Å². The summed E-state index contributed by atoms with van der Waals surface area (Å²) in [6.45, 7) is 0.581. The molecule has 1 amide bonds. The van der Waals surface area contributed by atoms with Gasteiger partial charge in [-0.1, -0.05) is 30.3 Å². The van der Waals surface area contributed by atoms with Gasteiger partial charge in [0.25, 0.3) is 0 Å². The van der Waals surface area contributed by atoms with Crippen LogP contribution in [0.25, 0.3) is 0 Å². The van der Waals surface area contributed by atoms with Gasteiger partial charge in [0.2, 0.25) is 5.91 Å². The van der Waals surface area contributed by atoms with E-state index in [4.69, 9.17) is 10.5 Å². The molecule has 4 N–H and O–H groups in total. The van der Waals surface area contributed by atoms with Crippen molar-refractivity contribution in [3.63, 3.8) is 0 Å². The van der Waals surface area contributed by atoms with Gasteiger partial charge in [-0.3, -0.25) is 4.79 Å². The number of aliphatic carboxylic acids is 1. The Morgan fingerprint density at radius 1 is 1.33 bits per heavy atom. The number of amides is 1. The van der Waals surface area contributed by atoms with Gasteiger partial charge in [-0.2, -0.15) is 0 Å². The van der Waals surface area contributed by atoms with Crippen LogP contribution in [0.1, 0.15) is 12.0 Å². The van der Waals surface area contributed by atoms with Crippen LogP contribution in [0.4, 0.5) is 0 Å². The number of carboxylic acids is 1. The van der Waals surface area contributed by atoms with Crippen molar-refractivity contribution in [2.45, 2.75) is 24.9 Å². The Hall–Kier alpha value is -1.92. The SMILES string of the molecule is NC1COCC1C(=O)N[C@@H](CCc1ccccc1)C(=O)O. The van der Waals surface area contributed by atoms with Crippen LogP contribution in [0, 0.1) is 5.92 Å². The molecule has 3 atom stereocenters. The standard InChI is InChI=1S/C15H20N2O4/c16-12-9-21-8-11(12)14(18)17-13(15(19)20)7-6-10-4-2-1-3-5-10/h1-5,11-13H,6-9,16H2,(H,17,18)(H,19,20)/t11?,12?,13-/m0/s1. The summed E-state index contributed by atoms with van der Waals surface area (Å²) in [7, 11) is 0. The van der Waals surface area contributed by atoms with Crippen molar-refractivity contribution >= 4 is 11.9 Å². The molecule has 114 valence electrons. The number of nitrogens with one attached hydrogen (secondary N) is 1. The third-order valence-electron chi connectivity index (χ3n) is 3.64. The molecule has 0 saturated carbocycles. The first kappa shape index (κ1) is 15.5. The number of rotatable bonds is 6. The predicted octanol–water partition coefficient (Wildman–Crippen LogP) is 0.162. The second-order valence-electron chi connectivity index (χ2n) is 5.23. The molecule has 2 rings (SSSR count). The van der Waals surface area contributed by atoms with Crippen molar-refractivity contribution in [3.8, 4) is 0 Å². The molecule has 21 heavy (non-hydrogen) atoms. The largest absolute Gasteiger partial charge is 0.480 e. The van der Waals surface area contributed by atoms with E-state index in [1.54, 1.807) is 0 Å². The third-order valence-corrected chi connectivity index (χ3v) is 3.64. The number of hydrogen-bond donors (Lipinski definition) is 3. The number of ether oxygens (including phenoxy) is 1. The van der Waals surface area contributed by atoms with Crippen molar-refractivity contribution in [1.82, 2.24) is 5.32 Å². The summed E-state index contributed by atoms with van der Waals surface area (Å²) in [5.74, 6) is -1.85. The minimum Gasteiger partial charge on any atom is -0.480 e. The summed E-state index contributed by atoms with van der Waals surface area (Å²) >= 11 is 0. The fourth-order valence-corrected chi connectivity index (χ4v) is 2.33. The van der Waals surface area contributed by atoms with Crippen LogP contribution in [-0.4, -0.2) is 42.3 Å². The topological polar surface area (TPSA) is 102 Å². The number of aryl methyl sites for hydroxylation is 1. The maximum absolute atomic E-state index is 12.0. The van der Waals surface area contributed by atoms with Crippen molar-refractivity contribution in [2.24, 2.45) is 11.7 Å². The Morgan fingerprint density at radius 2 is 2.05 bits per heavy atom. The van der Waals surface area contributed by atoms with Crippen LogP contribution in [-0.2, 0) is 20.7 Å². The maximum Gasteiger partial charge on any atom is 0.326 e. The smallest absolute Gasteiger partial charge is 0.326 e. The highest BCUT2D eigenvalue weighted by Gasteiger charge is 2.33. The quantitative estimate of drug-likeness (QED) is 0.693. The Kier molecular flexibility index (Phi) is 5.30. The van der Waals surface area contributed by atoms with E-state index in [0.717, 1.165) is 5.56 Å². The zero-order valence-electron chi connectivity index (χ0n) is 11.7. The highest BCUT2D eigenvalue weighted by Crippen LogP contribution is 2.13. The molecule has 1 heterocycles. The van der Waals surface area contributed by atoms with Crippen LogP contribution < -0.4 is 11.1 Å². The second-order valence-corrected chi connectivity index (χ2v) is 5.23. The molecular formula is C15H20N2O4. The molecule has 1 aromatic carbocycles. The first-order chi connectivity index (χ1) is 10.1. The normalized spacial score (nSPS) is 22.7. The summed E-state index contributed by atoms with van der Waals surface area (Å²) < 4.78 is 5.13. The highest BCUT2D eigenvalue weighted by atomic mass is 16.5. The van der Waals surface area contributed by atoms with E-state index >= 15 is 0 Å². The predicted molar refractivity (Wildman–Crippen MR) is 76.6 cm³/mol. The number of carboxylic acid groups (broad SMARTS) is 1. The molecule has 6 heteroatoms. The monoisotopic (exact) mass is 292 g/mol. The summed E-state index contributed by atoms with van der Waals surface area (Å²) in [6, 6.07) is 8.29. The summed E-state index contributed by atoms with van der Waals surface area (Å²) in [6.07, 6.45) is 0.930. The average molecular weight is 292 g/mol. The first-order valence-electron chi connectivity index (χ1n) is 6.98. The number of carbonyl (C=O) groups excluding carboxylic acids is 1. The van der Waals surface area contributed by atoms with E-state index in [1.165, 1.54) is 0 Å². The Bertz CT molecular complexity index is 492. The summed E-state index contributed by atoms with van der Waals surface area (Å²) in [5.41, 5.74) is 6.80. The van der Waals surface area contributed by atoms with E-state index in [9.17, 15) is 14.7 Å². The van der Waals surface area contributed by atoms with Gasteiger partial charge < -0.3 is 20.9 Å². The lowest BCUT2D eigenvalue weighted by atomic mass is 10.0. The summed E-state index contributed by atoms with van der Waals surface area (Å²) in [4.78, 5) is 23.3. The molecule has 2 unspecified atom stereocenters. The van der Waals surface area contributed by atoms with Crippen LogP contribution in [0.5, 0.6) is 0 Å². The van der Waals surface area contributed by atoms with Crippen molar-refractivity contribution in [2.75, 3.05) is 13.2 Å². The van der Waals surface area contributed by atoms with Crippen LogP contribution in [0.15, 0.2) is 30.3 Å². The van der Waals surface area contributed by atoms with Crippen molar-refractivity contribution in [1.29, 1.82) is 0 Å². The van der Waals surface area contributed by atoms with E-state index in [2.05, 4.69) is 5.32 Å². The van der Waals surface area contributed by atoms with Crippen LogP contribution in [0.3, 0.4) is 0 Å². The number of benzene rings is 1. The van der Waals surface area contributed by atoms with Crippen molar-refractivity contribution < 1.29 is 19.4 Å². The van der Waals surface area contributed by atoms with Crippen LogP contribution in [0.2, 0.25) is 0 Å². The zero-order chi connectivity index (χ0) is 15.2. The lowest BCUT2D eigenvalue weighted by Crippen LogP contribution is -2.48. The molecular weight excluding hydrogens is 272 g/mol. The van der Waals surface area contributed by atoms with E-state index in [1.807, 2.05) is 30.3 Å². The van der Waals surface area contributed by atoms with Crippen LogP contribution >= 0.6 is 0 Å². The van der Waals surface area contributed by atoms with Gasteiger partial charge in [-0.15, -0.1) is 0 Å². The van der Waals surface area contributed by atoms with E-state index < -0.39 is 17.9 Å². The molecule has 6 nitrogen and oxygen atoms in total. The minimum atomic E-state index is -1.04. The van der Waals surface area contributed by atoms with Crippen molar-refractivity contribution in [3.05, 3.63) is 35.9 Å². The molecule has 1 fully saturated rings. The zero-order valence-corrected chi connectivity index (χ0v) is 11.7. The number of hydrogen-bond acceptors (Lipinski definition) is 4. The number of carbonyl (C=O) groups is 2. The van der Waals surface area contributed by atoms with E-state index in [0.29, 0.717) is 19.4 Å². The van der Waals surface area contributed by atoms with Gasteiger partial charge in [0.1, 0.15) is 6.04 Å². The third kappa shape index (κ3) is 4.27. The lowest BCUT2D eigenvalue weighted by molar-refractivity contribution is -0.142. The number of nitrogens with two attached hydrogens (primary N) is 1. The first-order valence-corrected chi connectivity index (χ1v) is 6.98. The van der Waals surface area contributed by atoms with Gasteiger partial charge in [0.05, 0.1) is 19.1 Å². The highest BCUT2D eigenvalue weighted by molar-refractivity contribution is 5.85. The fraction of sp³-hybridized carbons (Fsp3) is 0.467.